The molecule has 21 heavy (non-hydrogen) atoms. The molecule has 1 amide bonds. The summed E-state index contributed by atoms with van der Waals surface area (Å²) >= 11 is 4.87. The third-order valence-corrected chi connectivity index (χ3v) is 4.13. The van der Waals surface area contributed by atoms with Crippen molar-refractivity contribution < 1.29 is 14.6 Å². The Labute approximate surface area is 129 Å². The van der Waals surface area contributed by atoms with Crippen molar-refractivity contribution in [3.63, 3.8) is 0 Å². The van der Waals surface area contributed by atoms with Crippen molar-refractivity contribution in [2.75, 3.05) is 19.8 Å². The number of rotatable bonds is 5. The van der Waals surface area contributed by atoms with Crippen LogP contribution in [0.4, 0.5) is 0 Å². The predicted octanol–water partition coefficient (Wildman–Crippen LogP) is 0.929. The van der Waals surface area contributed by atoms with Gasteiger partial charge in [0.05, 0.1) is 12.6 Å². The molecular weight excluding hydrogens is 288 g/mol. The average molecular weight is 308 g/mol. The van der Waals surface area contributed by atoms with E-state index in [1.807, 2.05) is 6.92 Å². The number of aliphatic hydroxyl groups is 1. The van der Waals surface area contributed by atoms with Gasteiger partial charge in [-0.25, -0.2) is 0 Å². The predicted molar refractivity (Wildman–Crippen MR) is 84.2 cm³/mol. The van der Waals surface area contributed by atoms with Crippen molar-refractivity contribution >= 4 is 23.1 Å². The molecule has 1 aromatic rings. The van der Waals surface area contributed by atoms with E-state index >= 15 is 0 Å². The van der Waals surface area contributed by atoms with Crippen molar-refractivity contribution in [2.45, 2.75) is 19.4 Å². The van der Waals surface area contributed by atoms with E-state index in [9.17, 15) is 9.90 Å². The maximum atomic E-state index is 12.2. The molecule has 114 valence electrons. The fourth-order valence-corrected chi connectivity index (χ4v) is 2.68. The summed E-state index contributed by atoms with van der Waals surface area (Å²) in [6, 6.07) is 6.89. The molecule has 0 aromatic heterocycles. The van der Waals surface area contributed by atoms with Crippen LogP contribution in [0.25, 0.3) is 0 Å². The van der Waals surface area contributed by atoms with Crippen molar-refractivity contribution in [3.05, 3.63) is 29.8 Å². The molecule has 2 atom stereocenters. The van der Waals surface area contributed by atoms with Gasteiger partial charge < -0.3 is 20.5 Å². The quantitative estimate of drug-likeness (QED) is 0.792. The number of hydrogen-bond donors (Lipinski definition) is 2. The number of thiocarbonyl (C=S) groups is 1. The fraction of sp³-hybridized carbons (Fsp3) is 0.467. The van der Waals surface area contributed by atoms with E-state index < -0.39 is 0 Å². The van der Waals surface area contributed by atoms with Crippen LogP contribution in [0.15, 0.2) is 24.3 Å². The van der Waals surface area contributed by atoms with Crippen molar-refractivity contribution in [2.24, 2.45) is 11.7 Å². The van der Waals surface area contributed by atoms with E-state index in [0.29, 0.717) is 23.2 Å². The summed E-state index contributed by atoms with van der Waals surface area (Å²) in [4.78, 5) is 14.2. The van der Waals surface area contributed by atoms with Gasteiger partial charge in [0.25, 0.3) is 5.91 Å². The number of likely N-dealkylation sites (tertiary alicyclic amines) is 1. The second-order valence-corrected chi connectivity index (χ2v) is 5.72. The van der Waals surface area contributed by atoms with Crippen LogP contribution >= 0.6 is 12.2 Å². The van der Waals surface area contributed by atoms with Gasteiger partial charge in [0.2, 0.25) is 0 Å². The summed E-state index contributed by atoms with van der Waals surface area (Å²) in [7, 11) is 0. The Morgan fingerprint density at radius 1 is 1.48 bits per heavy atom. The standard InChI is InChI=1S/C15H20N2O3S/c1-10-6-7-17(13(10)8-18)14(19)9-20-12-4-2-11(3-5-12)15(16)21/h2-5,10,13,18H,6-9H2,1H3,(H2,16,21). The number of carbonyl (C=O) groups excluding carboxylic acids is 1. The second kappa shape index (κ2) is 6.87. The van der Waals surface area contributed by atoms with Gasteiger partial charge in [-0.15, -0.1) is 0 Å². The molecule has 0 saturated carbocycles. The third kappa shape index (κ3) is 3.71. The second-order valence-electron chi connectivity index (χ2n) is 5.28. The molecule has 1 aliphatic heterocycles. The number of carbonyl (C=O) groups is 1. The number of hydrogen-bond acceptors (Lipinski definition) is 4. The summed E-state index contributed by atoms with van der Waals surface area (Å²) < 4.78 is 5.49. The minimum absolute atomic E-state index is 0.00442. The van der Waals surface area contributed by atoms with Gasteiger partial charge in [-0.1, -0.05) is 19.1 Å². The van der Waals surface area contributed by atoms with Gasteiger partial charge >= 0.3 is 0 Å². The van der Waals surface area contributed by atoms with E-state index in [1.165, 1.54) is 0 Å². The van der Waals surface area contributed by atoms with Crippen LogP contribution in [0.1, 0.15) is 18.9 Å². The van der Waals surface area contributed by atoms with Crippen molar-refractivity contribution in [3.8, 4) is 5.75 Å². The maximum Gasteiger partial charge on any atom is 0.260 e. The Hall–Kier alpha value is -1.66. The zero-order valence-electron chi connectivity index (χ0n) is 12.0. The van der Waals surface area contributed by atoms with Crippen molar-refractivity contribution in [1.82, 2.24) is 4.90 Å². The van der Waals surface area contributed by atoms with E-state index in [-0.39, 0.29) is 25.2 Å². The fourth-order valence-electron chi connectivity index (χ4n) is 2.54. The lowest BCUT2D eigenvalue weighted by Gasteiger charge is -2.25. The number of nitrogens with two attached hydrogens (primary N) is 1. The van der Waals surface area contributed by atoms with Crippen LogP contribution in [0.3, 0.4) is 0 Å². The summed E-state index contributed by atoms with van der Waals surface area (Å²) in [6.07, 6.45) is 0.916. The summed E-state index contributed by atoms with van der Waals surface area (Å²) in [5.41, 5.74) is 6.28. The highest BCUT2D eigenvalue weighted by Crippen LogP contribution is 2.23. The van der Waals surface area contributed by atoms with Gasteiger partial charge in [-0.2, -0.15) is 0 Å². The molecule has 0 bridgehead atoms. The first-order chi connectivity index (χ1) is 10.0. The Morgan fingerprint density at radius 2 is 2.14 bits per heavy atom. The maximum absolute atomic E-state index is 12.2. The molecule has 1 fully saturated rings. The molecule has 5 nitrogen and oxygen atoms in total. The monoisotopic (exact) mass is 308 g/mol. The molecule has 2 unspecified atom stereocenters. The third-order valence-electron chi connectivity index (χ3n) is 3.89. The van der Waals surface area contributed by atoms with Gasteiger partial charge in [-0.3, -0.25) is 4.79 Å². The Bertz CT molecular complexity index is 518. The minimum Gasteiger partial charge on any atom is -0.484 e. The topological polar surface area (TPSA) is 75.8 Å². The molecule has 0 radical (unpaired) electrons. The molecule has 1 aliphatic rings. The number of benzene rings is 1. The van der Waals surface area contributed by atoms with Crippen LogP contribution in [0.5, 0.6) is 5.75 Å². The number of amides is 1. The first-order valence-electron chi connectivity index (χ1n) is 6.96. The average Bonchev–Trinajstić information content (AvgIpc) is 2.86. The normalized spacial score (nSPS) is 21.3. The minimum atomic E-state index is -0.100. The molecule has 0 aliphatic carbocycles. The van der Waals surface area contributed by atoms with Crippen molar-refractivity contribution in [1.29, 1.82) is 0 Å². The SMILES string of the molecule is CC1CCN(C(=O)COc2ccc(C(N)=S)cc2)C1CO. The lowest BCUT2D eigenvalue weighted by molar-refractivity contribution is -0.135. The highest BCUT2D eigenvalue weighted by molar-refractivity contribution is 7.80. The Kier molecular flexibility index (Phi) is 5.14. The molecular formula is C15H20N2O3S. The Balaban J connectivity index is 1.90. The number of nitrogens with zero attached hydrogens (tertiary/aromatic N) is 1. The van der Waals surface area contributed by atoms with E-state index in [1.54, 1.807) is 29.2 Å². The lowest BCUT2D eigenvalue weighted by atomic mass is 10.0. The number of aliphatic hydroxyl groups excluding tert-OH is 1. The zero-order valence-corrected chi connectivity index (χ0v) is 12.8. The highest BCUT2D eigenvalue weighted by atomic mass is 32.1. The highest BCUT2D eigenvalue weighted by Gasteiger charge is 2.33. The molecule has 1 aromatic carbocycles. The van der Waals surface area contributed by atoms with E-state index in [2.05, 4.69) is 0 Å². The molecule has 1 saturated heterocycles. The van der Waals surface area contributed by atoms with Crippen LogP contribution < -0.4 is 10.5 Å². The van der Waals surface area contributed by atoms with Gasteiger partial charge in [0.1, 0.15) is 10.7 Å². The molecule has 2 rings (SSSR count). The summed E-state index contributed by atoms with van der Waals surface area (Å²) in [5.74, 6) is 0.816. The number of ether oxygens (including phenoxy) is 1. The largest absolute Gasteiger partial charge is 0.484 e. The zero-order chi connectivity index (χ0) is 15.4. The van der Waals surface area contributed by atoms with Gasteiger partial charge in [0.15, 0.2) is 6.61 Å². The van der Waals surface area contributed by atoms with Gasteiger partial charge in [-0.05, 0) is 36.6 Å². The first kappa shape index (κ1) is 15.7. The molecule has 3 N–H and O–H groups in total. The Morgan fingerprint density at radius 3 is 2.71 bits per heavy atom. The van der Waals surface area contributed by atoms with Crippen LogP contribution in [-0.2, 0) is 4.79 Å². The lowest BCUT2D eigenvalue weighted by Crippen LogP contribution is -2.42. The first-order valence-corrected chi connectivity index (χ1v) is 7.36. The summed E-state index contributed by atoms with van der Waals surface area (Å²) in [6.45, 7) is 2.68. The van der Waals surface area contributed by atoms with Crippen LogP contribution in [0, 0.1) is 5.92 Å². The smallest absolute Gasteiger partial charge is 0.260 e. The summed E-state index contributed by atoms with van der Waals surface area (Å²) in [5, 5.41) is 9.36. The van der Waals surface area contributed by atoms with Gasteiger partial charge in [0, 0.05) is 12.1 Å². The van der Waals surface area contributed by atoms with Crippen LogP contribution in [-0.4, -0.2) is 46.7 Å². The van der Waals surface area contributed by atoms with E-state index in [4.69, 9.17) is 22.7 Å². The molecule has 0 spiro atoms. The van der Waals surface area contributed by atoms with E-state index in [0.717, 1.165) is 12.0 Å². The molecule has 1 heterocycles. The van der Waals surface area contributed by atoms with Crippen LogP contribution in [0.2, 0.25) is 0 Å². The molecule has 6 heteroatoms.